The summed E-state index contributed by atoms with van der Waals surface area (Å²) in [6, 6.07) is 6.27. The van der Waals surface area contributed by atoms with Gasteiger partial charge < -0.3 is 20.6 Å². The highest BCUT2D eigenvalue weighted by Crippen LogP contribution is 2.29. The van der Waals surface area contributed by atoms with Crippen molar-refractivity contribution in [2.24, 2.45) is 11.3 Å². The number of benzene rings is 1. The Balaban J connectivity index is 3.32. The van der Waals surface area contributed by atoms with Gasteiger partial charge in [-0.1, -0.05) is 84.4 Å². The Hall–Kier alpha value is -2.67. The maximum atomic E-state index is 13.7. The van der Waals surface area contributed by atoms with Crippen molar-refractivity contribution in [3.63, 3.8) is 0 Å². The first kappa shape index (κ1) is 30.4. The number of amides is 2. The molecule has 0 saturated carbocycles. The van der Waals surface area contributed by atoms with Gasteiger partial charge in [-0.15, -0.1) is 0 Å². The van der Waals surface area contributed by atoms with Crippen molar-refractivity contribution in [1.82, 2.24) is 15.5 Å². The van der Waals surface area contributed by atoms with Crippen LogP contribution in [-0.4, -0.2) is 60.0 Å². The molecule has 3 atom stereocenters. The summed E-state index contributed by atoms with van der Waals surface area (Å²) in [5.41, 5.74) is 1.20. The van der Waals surface area contributed by atoms with Gasteiger partial charge in [0.2, 0.25) is 11.8 Å². The molecule has 1 rings (SSSR count). The molecule has 0 radical (unpaired) electrons. The smallest absolute Gasteiger partial charge is 0.331 e. The Morgan fingerprint density at radius 2 is 1.63 bits per heavy atom. The van der Waals surface area contributed by atoms with Crippen molar-refractivity contribution < 1.29 is 19.5 Å². The van der Waals surface area contributed by atoms with Gasteiger partial charge >= 0.3 is 5.97 Å². The summed E-state index contributed by atoms with van der Waals surface area (Å²) in [5, 5.41) is 15.5. The second-order valence-corrected chi connectivity index (χ2v) is 11.5. The molecular formula is C28H45N3O4. The number of aryl methyl sites for hydroxylation is 1. The zero-order chi connectivity index (χ0) is 27.3. The number of carbonyl (C=O) groups is 3. The summed E-state index contributed by atoms with van der Waals surface area (Å²) in [7, 11) is 3.41. The summed E-state index contributed by atoms with van der Waals surface area (Å²) >= 11 is 0. The van der Waals surface area contributed by atoms with Crippen LogP contribution >= 0.6 is 0 Å². The topological polar surface area (TPSA) is 98.7 Å². The van der Waals surface area contributed by atoms with Gasteiger partial charge in [-0.2, -0.15) is 0 Å². The quantitative estimate of drug-likeness (QED) is 0.435. The minimum absolute atomic E-state index is 0.0140. The third-order valence-corrected chi connectivity index (χ3v) is 6.67. The normalized spacial score (nSPS) is 15.4. The summed E-state index contributed by atoms with van der Waals surface area (Å²) in [6.07, 6.45) is 1.60. The van der Waals surface area contributed by atoms with Gasteiger partial charge in [0.1, 0.15) is 6.04 Å². The Morgan fingerprint density at radius 3 is 2.06 bits per heavy atom. The number of rotatable bonds is 10. The lowest BCUT2D eigenvalue weighted by atomic mass is 9.76. The lowest BCUT2D eigenvalue weighted by Crippen LogP contribution is -2.61. The fourth-order valence-electron chi connectivity index (χ4n) is 4.34. The van der Waals surface area contributed by atoms with Gasteiger partial charge in [-0.25, -0.2) is 4.79 Å². The van der Waals surface area contributed by atoms with Crippen molar-refractivity contribution in [3.05, 3.63) is 47.0 Å². The Kier molecular flexibility index (Phi) is 10.3. The van der Waals surface area contributed by atoms with E-state index in [9.17, 15) is 19.5 Å². The Labute approximate surface area is 211 Å². The minimum Gasteiger partial charge on any atom is -0.478 e. The second kappa shape index (κ2) is 11.8. The first-order valence-electron chi connectivity index (χ1n) is 12.2. The number of nitrogens with one attached hydrogen (secondary N) is 2. The molecule has 0 bridgehead atoms. The first-order valence-corrected chi connectivity index (χ1v) is 12.2. The molecule has 1 aromatic carbocycles. The monoisotopic (exact) mass is 487 g/mol. The third kappa shape index (κ3) is 7.66. The van der Waals surface area contributed by atoms with E-state index >= 15 is 0 Å². The summed E-state index contributed by atoms with van der Waals surface area (Å²) in [5.74, 6) is -1.56. The molecule has 0 aliphatic rings. The molecule has 2 amide bonds. The zero-order valence-corrected chi connectivity index (χ0v) is 23.3. The maximum absolute atomic E-state index is 13.7. The van der Waals surface area contributed by atoms with E-state index in [1.54, 1.807) is 25.1 Å². The van der Waals surface area contributed by atoms with Gasteiger partial charge in [-0.05, 0) is 37.8 Å². The number of carboxylic acid groups (broad SMARTS) is 1. The number of hydrogen-bond acceptors (Lipinski definition) is 4. The molecule has 35 heavy (non-hydrogen) atoms. The number of aliphatic carboxylic acids is 1. The molecule has 196 valence electrons. The van der Waals surface area contributed by atoms with Crippen molar-refractivity contribution in [2.45, 2.75) is 85.9 Å². The van der Waals surface area contributed by atoms with Gasteiger partial charge in [0, 0.05) is 18.0 Å². The molecular weight excluding hydrogens is 442 g/mol. The molecule has 0 aliphatic heterocycles. The SMILES string of the molecule is CN[C@H](C(=O)NC(C(=O)N(C)[C@H](/C=C(\C)C(=O)O)C(C)C)C(C)(C)C)C(C)(C)c1cccc(C)c1. The number of hydrogen-bond donors (Lipinski definition) is 3. The molecule has 0 heterocycles. The van der Waals surface area contributed by atoms with Gasteiger partial charge in [0.15, 0.2) is 0 Å². The summed E-state index contributed by atoms with van der Waals surface area (Å²) in [6.45, 7) is 17.2. The van der Waals surface area contributed by atoms with Gasteiger partial charge in [0.05, 0.1) is 12.1 Å². The van der Waals surface area contributed by atoms with Crippen molar-refractivity contribution in [3.8, 4) is 0 Å². The second-order valence-electron chi connectivity index (χ2n) is 11.5. The minimum atomic E-state index is -1.02. The molecule has 3 N–H and O–H groups in total. The molecule has 0 fully saturated rings. The first-order chi connectivity index (χ1) is 15.9. The van der Waals surface area contributed by atoms with E-state index in [1.807, 2.05) is 73.6 Å². The number of carbonyl (C=O) groups excluding carboxylic acids is 2. The van der Waals surface area contributed by atoms with Crippen molar-refractivity contribution >= 4 is 17.8 Å². The van der Waals surface area contributed by atoms with Crippen LogP contribution in [-0.2, 0) is 19.8 Å². The van der Waals surface area contributed by atoms with E-state index in [2.05, 4.69) is 16.7 Å². The predicted octanol–water partition coefficient (Wildman–Crippen LogP) is 3.91. The van der Waals surface area contributed by atoms with E-state index < -0.39 is 34.9 Å². The Bertz CT molecular complexity index is 944. The van der Waals surface area contributed by atoms with Crippen LogP contribution < -0.4 is 10.6 Å². The summed E-state index contributed by atoms with van der Waals surface area (Å²) in [4.78, 5) is 40.3. The van der Waals surface area contributed by atoms with E-state index in [1.165, 1.54) is 6.92 Å². The highest BCUT2D eigenvalue weighted by atomic mass is 16.4. The van der Waals surface area contributed by atoms with Gasteiger partial charge in [0.25, 0.3) is 0 Å². The van der Waals surface area contributed by atoms with Crippen molar-refractivity contribution in [1.29, 1.82) is 0 Å². The average molecular weight is 488 g/mol. The Morgan fingerprint density at radius 1 is 1.06 bits per heavy atom. The predicted molar refractivity (Wildman–Crippen MR) is 141 cm³/mol. The zero-order valence-electron chi connectivity index (χ0n) is 23.3. The fraction of sp³-hybridized carbons (Fsp3) is 0.607. The molecule has 7 nitrogen and oxygen atoms in total. The van der Waals surface area contributed by atoms with Crippen LogP contribution in [0.1, 0.15) is 66.5 Å². The highest BCUT2D eigenvalue weighted by Gasteiger charge is 2.41. The van der Waals surface area contributed by atoms with E-state index in [0.29, 0.717) is 0 Å². The van der Waals surface area contributed by atoms with Gasteiger partial charge in [-0.3, -0.25) is 9.59 Å². The van der Waals surface area contributed by atoms with Crippen LogP contribution in [0.4, 0.5) is 0 Å². The van der Waals surface area contributed by atoms with Crippen LogP contribution in [0.3, 0.4) is 0 Å². The van der Waals surface area contributed by atoms with Crippen LogP contribution in [0, 0.1) is 18.3 Å². The maximum Gasteiger partial charge on any atom is 0.331 e. The number of carboxylic acids is 1. The highest BCUT2D eigenvalue weighted by molar-refractivity contribution is 5.91. The summed E-state index contributed by atoms with van der Waals surface area (Å²) < 4.78 is 0. The van der Waals surface area contributed by atoms with Crippen molar-refractivity contribution in [2.75, 3.05) is 14.1 Å². The van der Waals surface area contributed by atoms with E-state index in [-0.39, 0.29) is 23.3 Å². The average Bonchev–Trinajstić information content (AvgIpc) is 2.73. The third-order valence-electron chi connectivity index (χ3n) is 6.67. The molecule has 7 heteroatoms. The number of nitrogens with zero attached hydrogens (tertiary/aromatic N) is 1. The molecule has 1 unspecified atom stereocenters. The van der Waals surface area contributed by atoms with Crippen LogP contribution in [0.15, 0.2) is 35.9 Å². The molecule has 0 aliphatic carbocycles. The molecule has 0 aromatic heterocycles. The van der Waals surface area contributed by atoms with E-state index in [0.717, 1.165) is 11.1 Å². The number of likely N-dealkylation sites (N-methyl/N-ethyl adjacent to an activating group) is 2. The molecule has 1 aromatic rings. The molecule has 0 saturated heterocycles. The standard InChI is InChI=1S/C28H45N3O4/c1-17(2)21(16-19(4)26(34)35)31(11)25(33)23(27(5,6)7)30-24(32)22(29-10)28(8,9)20-14-12-13-18(3)15-20/h12-17,21-23,29H,1-11H3,(H,30,32)(H,34,35)/b19-16+/t21-,22-,23?/m1/s1. The van der Waals surface area contributed by atoms with Crippen LogP contribution in [0.5, 0.6) is 0 Å². The molecule has 0 spiro atoms. The lowest BCUT2D eigenvalue weighted by molar-refractivity contribution is -0.141. The largest absolute Gasteiger partial charge is 0.478 e. The lowest BCUT2D eigenvalue weighted by Gasteiger charge is -2.40. The van der Waals surface area contributed by atoms with E-state index in [4.69, 9.17) is 0 Å². The fourth-order valence-corrected chi connectivity index (χ4v) is 4.34. The van der Waals surface area contributed by atoms with Crippen LogP contribution in [0.2, 0.25) is 0 Å². The van der Waals surface area contributed by atoms with Crippen LogP contribution in [0.25, 0.3) is 0 Å².